The van der Waals surface area contributed by atoms with Crippen LogP contribution in [0.25, 0.3) is 10.1 Å². The molecule has 0 fully saturated rings. The lowest BCUT2D eigenvalue weighted by Gasteiger charge is -2.11. The van der Waals surface area contributed by atoms with E-state index in [1.54, 1.807) is 7.11 Å². The molecule has 3 aromatic rings. The minimum Gasteiger partial charge on any atom is -0.497 e. The molecule has 0 aliphatic carbocycles. The highest BCUT2D eigenvalue weighted by molar-refractivity contribution is 7.80. The van der Waals surface area contributed by atoms with Gasteiger partial charge in [0.25, 0.3) is 0 Å². The van der Waals surface area contributed by atoms with Gasteiger partial charge in [0.2, 0.25) is 0 Å². The van der Waals surface area contributed by atoms with Crippen molar-refractivity contribution < 1.29 is 4.74 Å². The highest BCUT2D eigenvalue weighted by Gasteiger charge is 2.01. The van der Waals surface area contributed by atoms with Crippen molar-refractivity contribution in [2.24, 2.45) is 0 Å². The highest BCUT2D eigenvalue weighted by atomic mass is 32.1. The van der Waals surface area contributed by atoms with Gasteiger partial charge < -0.3 is 15.4 Å². The molecule has 2 aromatic carbocycles. The van der Waals surface area contributed by atoms with Crippen molar-refractivity contribution in [3.8, 4) is 5.75 Å². The van der Waals surface area contributed by atoms with Gasteiger partial charge in [-0.15, -0.1) is 0 Å². The van der Waals surface area contributed by atoms with Gasteiger partial charge in [0.05, 0.1) is 11.8 Å². The molecule has 1 heterocycles. The van der Waals surface area contributed by atoms with Crippen molar-refractivity contribution in [1.82, 2.24) is 9.69 Å². The van der Waals surface area contributed by atoms with Crippen LogP contribution in [-0.4, -0.2) is 23.1 Å². The van der Waals surface area contributed by atoms with Crippen molar-refractivity contribution in [2.75, 3.05) is 19.0 Å². The van der Waals surface area contributed by atoms with Crippen LogP contribution in [0, 0.1) is 0 Å². The summed E-state index contributed by atoms with van der Waals surface area (Å²) in [5, 5.41) is 8.18. The zero-order chi connectivity index (χ0) is 16.1. The van der Waals surface area contributed by atoms with E-state index < -0.39 is 0 Å². The Balaban J connectivity index is 1.48. The second-order valence-corrected chi connectivity index (χ2v) is 6.30. The molecular formula is C17H17N3OS2. The standard InChI is InChI=1S/C17H17N3OS2/c1-21-15-5-2-12(3-6-15)8-9-18-17(22)20-14-4-7-16-13(10-14)11-19-23-16/h2-7,10-11H,8-9H2,1H3,(H2,18,20,22). The maximum Gasteiger partial charge on any atom is 0.170 e. The Morgan fingerprint density at radius 2 is 2.04 bits per heavy atom. The van der Waals surface area contributed by atoms with Crippen LogP contribution in [0.15, 0.2) is 48.7 Å². The van der Waals surface area contributed by atoms with Crippen LogP contribution in [0.4, 0.5) is 5.69 Å². The number of nitrogens with zero attached hydrogens (tertiary/aromatic N) is 1. The first kappa shape index (κ1) is 15.7. The van der Waals surface area contributed by atoms with Gasteiger partial charge in [-0.1, -0.05) is 12.1 Å². The molecule has 0 amide bonds. The van der Waals surface area contributed by atoms with Crippen LogP contribution in [0.1, 0.15) is 5.56 Å². The Morgan fingerprint density at radius 1 is 1.22 bits per heavy atom. The number of nitrogens with one attached hydrogen (secondary N) is 2. The molecule has 0 bridgehead atoms. The van der Waals surface area contributed by atoms with Crippen molar-refractivity contribution in [3.63, 3.8) is 0 Å². The summed E-state index contributed by atoms with van der Waals surface area (Å²) in [6, 6.07) is 14.2. The topological polar surface area (TPSA) is 46.2 Å². The molecule has 1 aromatic heterocycles. The molecule has 0 unspecified atom stereocenters. The molecule has 2 N–H and O–H groups in total. The normalized spacial score (nSPS) is 10.5. The van der Waals surface area contributed by atoms with Crippen LogP contribution in [0.5, 0.6) is 5.75 Å². The number of hydrogen-bond donors (Lipinski definition) is 2. The number of ether oxygens (including phenoxy) is 1. The summed E-state index contributed by atoms with van der Waals surface area (Å²) in [4.78, 5) is 0. The second kappa shape index (κ2) is 7.39. The number of methoxy groups -OCH3 is 1. The summed E-state index contributed by atoms with van der Waals surface area (Å²) in [6.07, 6.45) is 2.77. The van der Waals surface area contributed by atoms with Crippen LogP contribution in [0.2, 0.25) is 0 Å². The summed E-state index contributed by atoms with van der Waals surface area (Å²) in [5.41, 5.74) is 2.21. The smallest absolute Gasteiger partial charge is 0.170 e. The molecule has 118 valence electrons. The Kier molecular flexibility index (Phi) is 5.05. The molecule has 0 radical (unpaired) electrons. The van der Waals surface area contributed by atoms with E-state index in [4.69, 9.17) is 17.0 Å². The van der Waals surface area contributed by atoms with Gasteiger partial charge in [0, 0.05) is 23.8 Å². The molecule has 0 saturated heterocycles. The Bertz CT molecular complexity index is 799. The van der Waals surface area contributed by atoms with Crippen LogP contribution >= 0.6 is 23.8 Å². The van der Waals surface area contributed by atoms with Crippen LogP contribution < -0.4 is 15.4 Å². The zero-order valence-electron chi connectivity index (χ0n) is 12.7. The van der Waals surface area contributed by atoms with Crippen LogP contribution in [0.3, 0.4) is 0 Å². The fourth-order valence-corrected chi connectivity index (χ4v) is 3.08. The van der Waals surface area contributed by atoms with Gasteiger partial charge in [-0.25, -0.2) is 0 Å². The quantitative estimate of drug-likeness (QED) is 0.689. The van der Waals surface area contributed by atoms with E-state index in [1.165, 1.54) is 21.8 Å². The number of aromatic nitrogens is 1. The third-order valence-corrected chi connectivity index (χ3v) is 4.49. The van der Waals surface area contributed by atoms with Crippen molar-refractivity contribution >= 4 is 44.6 Å². The first-order valence-corrected chi connectivity index (χ1v) is 8.45. The number of thiocarbonyl (C=S) groups is 1. The predicted octanol–water partition coefficient (Wildman–Crippen LogP) is 3.83. The van der Waals surface area contributed by atoms with E-state index in [1.807, 2.05) is 24.4 Å². The van der Waals surface area contributed by atoms with Gasteiger partial charge in [-0.05, 0) is 66.1 Å². The van der Waals surface area contributed by atoms with Crippen LogP contribution in [-0.2, 0) is 6.42 Å². The van der Waals surface area contributed by atoms with Crippen molar-refractivity contribution in [1.29, 1.82) is 0 Å². The van der Waals surface area contributed by atoms with Gasteiger partial charge in [-0.3, -0.25) is 0 Å². The lowest BCUT2D eigenvalue weighted by atomic mass is 10.1. The third kappa shape index (κ3) is 4.18. The minimum absolute atomic E-state index is 0.626. The Hall–Kier alpha value is -2.18. The molecule has 6 heteroatoms. The summed E-state index contributed by atoms with van der Waals surface area (Å²) < 4.78 is 10.5. The predicted molar refractivity (Wildman–Crippen MR) is 101 cm³/mol. The van der Waals surface area contributed by atoms with Gasteiger partial charge in [0.15, 0.2) is 5.11 Å². The molecule has 0 saturated carbocycles. The molecule has 0 aliphatic rings. The van der Waals surface area contributed by atoms with Gasteiger partial charge in [0.1, 0.15) is 5.75 Å². The average molecular weight is 343 g/mol. The fraction of sp³-hybridized carbons (Fsp3) is 0.176. The summed E-state index contributed by atoms with van der Waals surface area (Å²) in [7, 11) is 1.67. The molecule has 4 nitrogen and oxygen atoms in total. The molecule has 3 rings (SSSR count). The van der Waals surface area contributed by atoms with E-state index in [2.05, 4.69) is 39.3 Å². The maximum atomic E-state index is 5.34. The number of hydrogen-bond acceptors (Lipinski definition) is 4. The lowest BCUT2D eigenvalue weighted by Crippen LogP contribution is -2.30. The van der Waals surface area contributed by atoms with E-state index in [0.717, 1.165) is 29.8 Å². The van der Waals surface area contributed by atoms with Crippen molar-refractivity contribution in [2.45, 2.75) is 6.42 Å². The monoisotopic (exact) mass is 343 g/mol. The first-order valence-electron chi connectivity index (χ1n) is 7.27. The minimum atomic E-state index is 0.626. The van der Waals surface area contributed by atoms with E-state index in [9.17, 15) is 0 Å². The third-order valence-electron chi connectivity index (χ3n) is 3.47. The first-order chi connectivity index (χ1) is 11.2. The number of rotatable bonds is 5. The van der Waals surface area contributed by atoms with E-state index in [0.29, 0.717) is 5.11 Å². The fourth-order valence-electron chi connectivity index (χ4n) is 2.24. The largest absolute Gasteiger partial charge is 0.497 e. The number of anilines is 1. The lowest BCUT2D eigenvalue weighted by molar-refractivity contribution is 0.414. The van der Waals surface area contributed by atoms with E-state index >= 15 is 0 Å². The molecule has 0 atom stereocenters. The number of fused-ring (bicyclic) bond motifs is 1. The molecule has 0 aliphatic heterocycles. The molecular weight excluding hydrogens is 326 g/mol. The Morgan fingerprint density at radius 3 is 2.83 bits per heavy atom. The van der Waals surface area contributed by atoms with Gasteiger partial charge >= 0.3 is 0 Å². The van der Waals surface area contributed by atoms with Crippen molar-refractivity contribution in [3.05, 3.63) is 54.2 Å². The SMILES string of the molecule is COc1ccc(CCNC(=S)Nc2ccc3sncc3c2)cc1. The molecule has 23 heavy (non-hydrogen) atoms. The summed E-state index contributed by atoms with van der Waals surface area (Å²) >= 11 is 6.83. The van der Waals surface area contributed by atoms with E-state index in [-0.39, 0.29) is 0 Å². The summed E-state index contributed by atoms with van der Waals surface area (Å²) in [5.74, 6) is 0.872. The highest BCUT2D eigenvalue weighted by Crippen LogP contribution is 2.21. The molecule has 0 spiro atoms. The Labute approximate surface area is 144 Å². The average Bonchev–Trinajstić information content (AvgIpc) is 3.03. The van der Waals surface area contributed by atoms with Gasteiger partial charge in [-0.2, -0.15) is 4.37 Å². The maximum absolute atomic E-state index is 5.34. The number of benzene rings is 2. The second-order valence-electron chi connectivity index (χ2n) is 5.06. The zero-order valence-corrected chi connectivity index (χ0v) is 14.3. The summed E-state index contributed by atoms with van der Waals surface area (Å²) in [6.45, 7) is 0.778.